The van der Waals surface area contributed by atoms with E-state index in [-0.39, 0.29) is 0 Å². The summed E-state index contributed by atoms with van der Waals surface area (Å²) in [6.07, 6.45) is 3.80. The molecule has 90 valence electrons. The normalized spacial score (nSPS) is 19.6. The predicted octanol–water partition coefficient (Wildman–Crippen LogP) is 2.45. The van der Waals surface area contributed by atoms with Crippen LogP contribution >= 0.6 is 11.6 Å². The van der Waals surface area contributed by atoms with Crippen LogP contribution in [-0.4, -0.2) is 24.7 Å². The molecule has 4 nitrogen and oxygen atoms in total. The minimum Gasteiger partial charge on any atom is -0.381 e. The maximum Gasteiger partial charge on any atom is 0.144 e. The second-order valence-corrected chi connectivity index (χ2v) is 4.54. The molecule has 0 bridgehead atoms. The van der Waals surface area contributed by atoms with Crippen LogP contribution in [0.3, 0.4) is 0 Å². The van der Waals surface area contributed by atoms with Crippen LogP contribution in [0.2, 0.25) is 5.02 Å². The number of nitrogens with zero attached hydrogens (tertiary/aromatic N) is 2. The number of hydrogen-bond donors (Lipinski definition) is 1. The molecular formula is C12H14ClN3O. The molecule has 1 aromatic heterocycles. The molecule has 0 amide bonds. The van der Waals surface area contributed by atoms with Gasteiger partial charge in [-0.25, -0.2) is 4.98 Å². The molecule has 0 saturated carbocycles. The summed E-state index contributed by atoms with van der Waals surface area (Å²) in [5.74, 6) is 1.15. The molecule has 1 unspecified atom stereocenters. The summed E-state index contributed by atoms with van der Waals surface area (Å²) >= 11 is 6.02. The quantitative estimate of drug-likeness (QED) is 0.897. The first kappa shape index (κ1) is 12.2. The third-order valence-electron chi connectivity index (χ3n) is 2.78. The summed E-state index contributed by atoms with van der Waals surface area (Å²) < 4.78 is 5.40. The summed E-state index contributed by atoms with van der Waals surface area (Å²) in [7, 11) is 0. The number of pyridine rings is 1. The van der Waals surface area contributed by atoms with Crippen LogP contribution in [0.4, 0.5) is 5.82 Å². The molecule has 1 N–H and O–H groups in total. The number of halogens is 1. The van der Waals surface area contributed by atoms with Gasteiger partial charge in [-0.15, -0.1) is 0 Å². The lowest BCUT2D eigenvalue weighted by Crippen LogP contribution is -2.24. The lowest BCUT2D eigenvalue weighted by atomic mass is 10.0. The molecule has 0 spiro atoms. The Morgan fingerprint density at radius 1 is 1.65 bits per heavy atom. The first-order chi connectivity index (χ1) is 8.29. The van der Waals surface area contributed by atoms with Gasteiger partial charge in [0.25, 0.3) is 0 Å². The standard InChI is InChI=1S/C12H14ClN3O/c13-11-4-10(5-14)7-16-12(11)15-6-9-2-1-3-17-8-9/h4,7,9H,1-3,6,8H2,(H,15,16). The molecule has 1 atom stereocenters. The minimum absolute atomic E-state index is 0.474. The Bertz CT molecular complexity index is 424. The van der Waals surface area contributed by atoms with E-state index in [9.17, 15) is 0 Å². The van der Waals surface area contributed by atoms with Gasteiger partial charge in [-0.3, -0.25) is 0 Å². The molecular weight excluding hydrogens is 238 g/mol. The first-order valence-electron chi connectivity index (χ1n) is 5.67. The zero-order valence-corrected chi connectivity index (χ0v) is 10.2. The van der Waals surface area contributed by atoms with E-state index in [4.69, 9.17) is 21.6 Å². The molecule has 2 rings (SSSR count). The fraction of sp³-hybridized carbons (Fsp3) is 0.500. The summed E-state index contributed by atoms with van der Waals surface area (Å²) in [5, 5.41) is 12.4. The highest BCUT2D eigenvalue weighted by Crippen LogP contribution is 2.21. The highest BCUT2D eigenvalue weighted by molar-refractivity contribution is 6.33. The molecule has 1 fully saturated rings. The Labute approximate surface area is 106 Å². The van der Waals surface area contributed by atoms with Crippen LogP contribution in [0.5, 0.6) is 0 Å². The Morgan fingerprint density at radius 3 is 3.18 bits per heavy atom. The maximum absolute atomic E-state index is 8.70. The van der Waals surface area contributed by atoms with Crippen LogP contribution < -0.4 is 5.32 Å². The average molecular weight is 252 g/mol. The molecule has 0 aliphatic carbocycles. The van der Waals surface area contributed by atoms with E-state index >= 15 is 0 Å². The number of nitriles is 1. The van der Waals surface area contributed by atoms with Crippen molar-refractivity contribution in [3.63, 3.8) is 0 Å². The van der Waals surface area contributed by atoms with Gasteiger partial charge in [0.05, 0.1) is 17.2 Å². The van der Waals surface area contributed by atoms with Crippen LogP contribution in [0.1, 0.15) is 18.4 Å². The lowest BCUT2D eigenvalue weighted by Gasteiger charge is -2.22. The Kier molecular flexibility index (Phi) is 4.18. The summed E-state index contributed by atoms with van der Waals surface area (Å²) in [5.41, 5.74) is 0.474. The van der Waals surface area contributed by atoms with E-state index in [2.05, 4.69) is 10.3 Å². The third-order valence-corrected chi connectivity index (χ3v) is 3.07. The molecule has 1 aliphatic heterocycles. The lowest BCUT2D eigenvalue weighted by molar-refractivity contribution is 0.0595. The predicted molar refractivity (Wildman–Crippen MR) is 66.0 cm³/mol. The van der Waals surface area contributed by atoms with Gasteiger partial charge in [0.2, 0.25) is 0 Å². The highest BCUT2D eigenvalue weighted by atomic mass is 35.5. The second kappa shape index (κ2) is 5.85. The number of rotatable bonds is 3. The summed E-state index contributed by atoms with van der Waals surface area (Å²) in [6, 6.07) is 3.63. The fourth-order valence-corrected chi connectivity index (χ4v) is 2.07. The smallest absolute Gasteiger partial charge is 0.144 e. The number of nitrogens with one attached hydrogen (secondary N) is 1. The van der Waals surface area contributed by atoms with E-state index in [1.165, 1.54) is 12.6 Å². The Hall–Kier alpha value is -1.31. The SMILES string of the molecule is N#Cc1cnc(NCC2CCCOC2)c(Cl)c1. The number of anilines is 1. The number of hydrogen-bond acceptors (Lipinski definition) is 4. The van der Waals surface area contributed by atoms with Crippen molar-refractivity contribution in [2.24, 2.45) is 5.92 Å². The molecule has 5 heteroatoms. The van der Waals surface area contributed by atoms with Gasteiger partial charge in [0.15, 0.2) is 0 Å². The van der Waals surface area contributed by atoms with Gasteiger partial charge in [-0.2, -0.15) is 5.26 Å². The van der Waals surface area contributed by atoms with Crippen molar-refractivity contribution in [3.8, 4) is 6.07 Å². The van der Waals surface area contributed by atoms with E-state index in [0.29, 0.717) is 22.3 Å². The molecule has 2 heterocycles. The molecule has 1 saturated heterocycles. The van der Waals surface area contributed by atoms with Gasteiger partial charge < -0.3 is 10.1 Å². The van der Waals surface area contributed by atoms with E-state index in [0.717, 1.165) is 26.2 Å². The Balaban J connectivity index is 1.92. The van der Waals surface area contributed by atoms with Crippen LogP contribution in [0.25, 0.3) is 0 Å². The van der Waals surface area contributed by atoms with E-state index in [1.54, 1.807) is 6.07 Å². The Morgan fingerprint density at radius 2 is 2.53 bits per heavy atom. The zero-order valence-electron chi connectivity index (χ0n) is 9.45. The van der Waals surface area contributed by atoms with Gasteiger partial charge in [-0.05, 0) is 24.8 Å². The number of aromatic nitrogens is 1. The van der Waals surface area contributed by atoms with Crippen LogP contribution in [0.15, 0.2) is 12.3 Å². The van der Waals surface area contributed by atoms with Gasteiger partial charge >= 0.3 is 0 Å². The molecule has 1 aromatic rings. The van der Waals surface area contributed by atoms with Crippen molar-refractivity contribution in [1.82, 2.24) is 4.98 Å². The van der Waals surface area contributed by atoms with Gasteiger partial charge in [0.1, 0.15) is 11.9 Å². The van der Waals surface area contributed by atoms with Crippen molar-refractivity contribution in [3.05, 3.63) is 22.8 Å². The van der Waals surface area contributed by atoms with Crippen molar-refractivity contribution >= 4 is 17.4 Å². The van der Waals surface area contributed by atoms with Gasteiger partial charge in [0, 0.05) is 19.3 Å². The van der Waals surface area contributed by atoms with Crippen molar-refractivity contribution < 1.29 is 4.74 Å². The van der Waals surface area contributed by atoms with Crippen LogP contribution in [0, 0.1) is 17.2 Å². The van der Waals surface area contributed by atoms with Crippen molar-refractivity contribution in [2.45, 2.75) is 12.8 Å². The van der Waals surface area contributed by atoms with Gasteiger partial charge in [-0.1, -0.05) is 11.6 Å². The monoisotopic (exact) mass is 251 g/mol. The van der Waals surface area contributed by atoms with E-state index in [1.807, 2.05) is 6.07 Å². The molecule has 17 heavy (non-hydrogen) atoms. The second-order valence-electron chi connectivity index (χ2n) is 4.13. The van der Waals surface area contributed by atoms with Crippen molar-refractivity contribution in [1.29, 1.82) is 5.26 Å². The molecule has 0 aromatic carbocycles. The summed E-state index contributed by atoms with van der Waals surface area (Å²) in [4.78, 5) is 4.13. The highest BCUT2D eigenvalue weighted by Gasteiger charge is 2.14. The third kappa shape index (κ3) is 3.32. The fourth-order valence-electron chi connectivity index (χ4n) is 1.84. The molecule has 0 radical (unpaired) electrons. The molecule has 1 aliphatic rings. The first-order valence-corrected chi connectivity index (χ1v) is 6.04. The van der Waals surface area contributed by atoms with Crippen LogP contribution in [-0.2, 0) is 4.74 Å². The minimum atomic E-state index is 0.474. The van der Waals surface area contributed by atoms with Crippen molar-refractivity contribution in [2.75, 3.05) is 25.1 Å². The maximum atomic E-state index is 8.70. The number of ether oxygens (including phenoxy) is 1. The summed E-state index contributed by atoms with van der Waals surface area (Å²) in [6.45, 7) is 2.46. The topological polar surface area (TPSA) is 57.9 Å². The van der Waals surface area contributed by atoms with E-state index < -0.39 is 0 Å². The largest absolute Gasteiger partial charge is 0.381 e. The zero-order chi connectivity index (χ0) is 12.1. The average Bonchev–Trinajstić information content (AvgIpc) is 2.38.